The van der Waals surface area contributed by atoms with Crippen LogP contribution in [0.25, 0.3) is 0 Å². The molecular formula is C7H7NaO4S. The molecule has 0 saturated carbocycles. The first-order valence-electron chi connectivity index (χ1n) is 3.07. The molecule has 13 heavy (non-hydrogen) atoms. The van der Waals surface area contributed by atoms with E-state index >= 15 is 0 Å². The standard InChI is InChI=1S/C7H6O4S.Na.H/c8-5-6-3-1-2-4-7(6)12(9,10)11;;/h1-5H,(H,9,10,11);;. The minimum absolute atomic E-state index is 0. The van der Waals surface area contributed by atoms with Crippen molar-refractivity contribution in [2.24, 2.45) is 0 Å². The molecule has 0 bridgehead atoms. The number of carbonyl (C=O) groups is 1. The molecule has 1 aromatic carbocycles. The fourth-order valence-electron chi connectivity index (χ4n) is 0.813. The third kappa shape index (κ3) is 3.21. The Morgan fingerprint density at radius 2 is 1.77 bits per heavy atom. The summed E-state index contributed by atoms with van der Waals surface area (Å²) in [6, 6.07) is 5.42. The van der Waals surface area contributed by atoms with Gasteiger partial charge in [-0.3, -0.25) is 9.35 Å². The van der Waals surface area contributed by atoms with Crippen LogP contribution < -0.4 is 0 Å². The van der Waals surface area contributed by atoms with Crippen LogP contribution >= 0.6 is 0 Å². The molecule has 66 valence electrons. The Kier molecular flexibility index (Phi) is 4.80. The molecule has 1 rings (SSSR count). The first-order valence-corrected chi connectivity index (χ1v) is 4.51. The van der Waals surface area contributed by atoms with Crippen LogP contribution in [0.5, 0.6) is 0 Å². The Morgan fingerprint density at radius 3 is 2.15 bits per heavy atom. The summed E-state index contributed by atoms with van der Waals surface area (Å²) in [7, 11) is -4.28. The van der Waals surface area contributed by atoms with Crippen molar-refractivity contribution >= 4 is 46.0 Å². The molecule has 1 N–H and O–H groups in total. The van der Waals surface area contributed by atoms with E-state index in [2.05, 4.69) is 0 Å². The summed E-state index contributed by atoms with van der Waals surface area (Å²) >= 11 is 0. The predicted octanol–water partition coefficient (Wildman–Crippen LogP) is 0.0973. The zero-order valence-electron chi connectivity index (χ0n) is 5.97. The van der Waals surface area contributed by atoms with E-state index in [4.69, 9.17) is 4.55 Å². The normalized spacial score (nSPS) is 10.2. The van der Waals surface area contributed by atoms with Gasteiger partial charge in [-0.05, 0) is 6.07 Å². The van der Waals surface area contributed by atoms with Gasteiger partial charge in [0.2, 0.25) is 0 Å². The molecule has 0 atom stereocenters. The molecule has 6 heteroatoms. The van der Waals surface area contributed by atoms with Gasteiger partial charge >= 0.3 is 29.6 Å². The monoisotopic (exact) mass is 210 g/mol. The minimum atomic E-state index is -4.28. The Balaban J connectivity index is 0.00000144. The van der Waals surface area contributed by atoms with Gasteiger partial charge in [0.15, 0.2) is 6.29 Å². The number of aldehydes is 1. The van der Waals surface area contributed by atoms with Crippen LogP contribution in [0, 0.1) is 0 Å². The SMILES string of the molecule is O=Cc1ccccc1S(=O)(=O)O.[NaH]. The van der Waals surface area contributed by atoms with Crippen molar-refractivity contribution in [1.29, 1.82) is 0 Å². The van der Waals surface area contributed by atoms with E-state index in [0.717, 1.165) is 0 Å². The van der Waals surface area contributed by atoms with Crippen LogP contribution in [0.1, 0.15) is 10.4 Å². The Labute approximate surface area is 98.0 Å². The molecule has 0 aliphatic heterocycles. The van der Waals surface area contributed by atoms with Crippen LogP contribution in [-0.4, -0.2) is 48.8 Å². The Morgan fingerprint density at radius 1 is 1.23 bits per heavy atom. The Hall–Kier alpha value is -0.200. The molecule has 0 spiro atoms. The molecule has 0 aliphatic carbocycles. The first kappa shape index (κ1) is 12.8. The maximum absolute atomic E-state index is 10.6. The zero-order valence-corrected chi connectivity index (χ0v) is 6.78. The summed E-state index contributed by atoms with van der Waals surface area (Å²) in [6.45, 7) is 0. The van der Waals surface area contributed by atoms with Gasteiger partial charge in [0, 0.05) is 5.56 Å². The van der Waals surface area contributed by atoms with Crippen LogP contribution in [0.2, 0.25) is 0 Å². The Bertz CT molecular complexity index is 399. The molecule has 0 saturated heterocycles. The molecule has 0 aliphatic rings. The fourth-order valence-corrected chi connectivity index (χ4v) is 1.48. The van der Waals surface area contributed by atoms with Gasteiger partial charge in [-0.15, -0.1) is 0 Å². The van der Waals surface area contributed by atoms with Crippen LogP contribution in [-0.2, 0) is 10.1 Å². The average molecular weight is 210 g/mol. The number of rotatable bonds is 2. The van der Waals surface area contributed by atoms with Crippen molar-refractivity contribution in [3.8, 4) is 0 Å². The molecule has 0 unspecified atom stereocenters. The third-order valence-electron chi connectivity index (χ3n) is 1.32. The molecule has 4 nitrogen and oxygen atoms in total. The number of carbonyl (C=O) groups excluding carboxylic acids is 1. The third-order valence-corrected chi connectivity index (χ3v) is 2.25. The van der Waals surface area contributed by atoms with Crippen molar-refractivity contribution in [2.75, 3.05) is 0 Å². The van der Waals surface area contributed by atoms with Crippen molar-refractivity contribution < 1.29 is 17.8 Å². The van der Waals surface area contributed by atoms with Crippen LogP contribution in [0.4, 0.5) is 0 Å². The average Bonchev–Trinajstić information content (AvgIpc) is 2.03. The van der Waals surface area contributed by atoms with E-state index in [0.29, 0.717) is 6.29 Å². The van der Waals surface area contributed by atoms with E-state index in [1.165, 1.54) is 24.3 Å². The van der Waals surface area contributed by atoms with Crippen molar-refractivity contribution in [2.45, 2.75) is 4.90 Å². The molecule has 0 amide bonds. The zero-order chi connectivity index (χ0) is 9.19. The fraction of sp³-hybridized carbons (Fsp3) is 0. The predicted molar refractivity (Wildman–Crippen MR) is 48.8 cm³/mol. The van der Waals surface area contributed by atoms with E-state index in [9.17, 15) is 13.2 Å². The number of hydrogen-bond acceptors (Lipinski definition) is 3. The summed E-state index contributed by atoms with van der Waals surface area (Å²) in [4.78, 5) is 9.94. The van der Waals surface area contributed by atoms with E-state index < -0.39 is 10.1 Å². The van der Waals surface area contributed by atoms with Gasteiger partial charge in [0.05, 0.1) is 0 Å². The van der Waals surface area contributed by atoms with E-state index in [1.807, 2.05) is 0 Å². The summed E-state index contributed by atoms with van der Waals surface area (Å²) < 4.78 is 29.8. The van der Waals surface area contributed by atoms with Crippen LogP contribution in [0.15, 0.2) is 29.2 Å². The summed E-state index contributed by atoms with van der Waals surface area (Å²) in [5.74, 6) is 0. The van der Waals surface area contributed by atoms with Gasteiger partial charge in [0.1, 0.15) is 4.90 Å². The van der Waals surface area contributed by atoms with Gasteiger partial charge in [-0.1, -0.05) is 18.2 Å². The van der Waals surface area contributed by atoms with Crippen molar-refractivity contribution in [3.63, 3.8) is 0 Å². The van der Waals surface area contributed by atoms with Gasteiger partial charge in [0.25, 0.3) is 10.1 Å². The van der Waals surface area contributed by atoms with Crippen molar-refractivity contribution in [3.05, 3.63) is 29.8 Å². The second-order valence-corrected chi connectivity index (χ2v) is 3.52. The molecule has 1 aromatic rings. The summed E-state index contributed by atoms with van der Waals surface area (Å²) in [5, 5.41) is 0. The molecule has 0 fully saturated rings. The quantitative estimate of drug-likeness (QED) is 0.427. The molecular weight excluding hydrogens is 203 g/mol. The van der Waals surface area contributed by atoms with E-state index in [-0.39, 0.29) is 40.0 Å². The second-order valence-electron chi connectivity index (χ2n) is 2.13. The molecule has 0 radical (unpaired) electrons. The summed E-state index contributed by atoms with van der Waals surface area (Å²) in [5.41, 5.74) is -0.0417. The number of hydrogen-bond donors (Lipinski definition) is 1. The van der Waals surface area contributed by atoms with Gasteiger partial charge in [-0.25, -0.2) is 0 Å². The van der Waals surface area contributed by atoms with Crippen LogP contribution in [0.3, 0.4) is 0 Å². The summed E-state index contributed by atoms with van der Waals surface area (Å²) in [6.07, 6.45) is 0.378. The van der Waals surface area contributed by atoms with Gasteiger partial charge in [-0.2, -0.15) is 8.42 Å². The maximum atomic E-state index is 10.6. The van der Waals surface area contributed by atoms with E-state index in [1.54, 1.807) is 0 Å². The van der Waals surface area contributed by atoms with Gasteiger partial charge < -0.3 is 0 Å². The first-order chi connectivity index (χ1) is 5.55. The number of benzene rings is 1. The molecule has 0 aromatic heterocycles. The second kappa shape index (κ2) is 4.88. The molecule has 0 heterocycles. The topological polar surface area (TPSA) is 71.4 Å². The van der Waals surface area contributed by atoms with Crippen molar-refractivity contribution in [1.82, 2.24) is 0 Å².